The molecular formula is C22H20N2O3. The van der Waals surface area contributed by atoms with Gasteiger partial charge in [-0.3, -0.25) is 14.9 Å². The predicted molar refractivity (Wildman–Crippen MR) is 106 cm³/mol. The molecule has 0 aliphatic rings. The molecule has 0 spiro atoms. The SMILES string of the molecule is Cc1cccc(C(=O)N(CCc2ccccc2)c2ccccc2)c1[N+](=O)[O-]. The van der Waals surface area contributed by atoms with Crippen molar-refractivity contribution in [1.82, 2.24) is 0 Å². The van der Waals surface area contributed by atoms with Gasteiger partial charge in [0, 0.05) is 17.8 Å². The Balaban J connectivity index is 1.97. The first-order chi connectivity index (χ1) is 13.1. The molecule has 5 nitrogen and oxygen atoms in total. The van der Waals surface area contributed by atoms with E-state index < -0.39 is 4.92 Å². The van der Waals surface area contributed by atoms with Crippen LogP contribution in [0.5, 0.6) is 0 Å². The number of amides is 1. The minimum atomic E-state index is -0.483. The summed E-state index contributed by atoms with van der Waals surface area (Å²) in [5, 5.41) is 11.5. The number of benzene rings is 3. The van der Waals surface area contributed by atoms with Crippen LogP contribution < -0.4 is 4.90 Å². The Morgan fingerprint density at radius 2 is 1.56 bits per heavy atom. The number of rotatable bonds is 6. The molecule has 0 N–H and O–H groups in total. The zero-order valence-corrected chi connectivity index (χ0v) is 15.0. The average molecular weight is 360 g/mol. The molecule has 0 aliphatic heterocycles. The fourth-order valence-electron chi connectivity index (χ4n) is 3.06. The summed E-state index contributed by atoms with van der Waals surface area (Å²) in [5.41, 5.74) is 2.26. The number of nitrogens with zero attached hydrogens (tertiary/aromatic N) is 2. The van der Waals surface area contributed by atoms with Crippen molar-refractivity contribution < 1.29 is 9.72 Å². The zero-order valence-electron chi connectivity index (χ0n) is 15.0. The summed E-state index contributed by atoms with van der Waals surface area (Å²) in [6.45, 7) is 2.07. The molecule has 136 valence electrons. The van der Waals surface area contributed by atoms with Crippen LogP contribution in [0.3, 0.4) is 0 Å². The zero-order chi connectivity index (χ0) is 19.2. The molecule has 5 heteroatoms. The number of para-hydroxylation sites is 2. The van der Waals surface area contributed by atoms with E-state index in [0.717, 1.165) is 5.56 Å². The minimum absolute atomic E-state index is 0.108. The molecule has 0 atom stereocenters. The van der Waals surface area contributed by atoms with E-state index in [1.165, 1.54) is 6.07 Å². The molecule has 0 unspecified atom stereocenters. The Bertz CT molecular complexity index is 940. The molecule has 27 heavy (non-hydrogen) atoms. The van der Waals surface area contributed by atoms with Crippen LogP contribution in [0.2, 0.25) is 0 Å². The number of hydrogen-bond acceptors (Lipinski definition) is 3. The highest BCUT2D eigenvalue weighted by Crippen LogP contribution is 2.26. The van der Waals surface area contributed by atoms with Crippen LogP contribution in [-0.4, -0.2) is 17.4 Å². The van der Waals surface area contributed by atoms with Crippen molar-refractivity contribution in [2.45, 2.75) is 13.3 Å². The van der Waals surface area contributed by atoms with Crippen LogP contribution in [0, 0.1) is 17.0 Å². The second-order valence-corrected chi connectivity index (χ2v) is 6.26. The second kappa shape index (κ2) is 8.27. The number of carbonyl (C=O) groups excluding carboxylic acids is 1. The van der Waals surface area contributed by atoms with Gasteiger partial charge < -0.3 is 4.90 Å². The Kier molecular flexibility index (Phi) is 5.61. The summed E-state index contributed by atoms with van der Waals surface area (Å²) < 4.78 is 0. The molecule has 1 amide bonds. The molecule has 0 aromatic heterocycles. The summed E-state index contributed by atoms with van der Waals surface area (Å²) in [7, 11) is 0. The second-order valence-electron chi connectivity index (χ2n) is 6.26. The lowest BCUT2D eigenvalue weighted by atomic mass is 10.1. The summed E-state index contributed by atoms with van der Waals surface area (Å²) in [5.74, 6) is -0.368. The van der Waals surface area contributed by atoms with Gasteiger partial charge in [0.1, 0.15) is 5.56 Å². The molecule has 0 radical (unpaired) electrons. The monoisotopic (exact) mass is 360 g/mol. The van der Waals surface area contributed by atoms with Gasteiger partial charge in [0.2, 0.25) is 0 Å². The molecule has 0 saturated heterocycles. The Labute approximate surface area is 158 Å². The average Bonchev–Trinajstić information content (AvgIpc) is 2.69. The van der Waals surface area contributed by atoms with E-state index in [-0.39, 0.29) is 17.2 Å². The lowest BCUT2D eigenvalue weighted by Gasteiger charge is -2.23. The maximum Gasteiger partial charge on any atom is 0.285 e. The molecule has 0 aliphatic carbocycles. The van der Waals surface area contributed by atoms with E-state index >= 15 is 0 Å². The number of carbonyl (C=O) groups is 1. The van der Waals surface area contributed by atoms with Gasteiger partial charge >= 0.3 is 0 Å². The topological polar surface area (TPSA) is 63.5 Å². The van der Waals surface area contributed by atoms with Crippen LogP contribution in [0.1, 0.15) is 21.5 Å². The summed E-state index contributed by atoms with van der Waals surface area (Å²) in [6, 6.07) is 23.9. The summed E-state index contributed by atoms with van der Waals surface area (Å²) >= 11 is 0. The van der Waals surface area contributed by atoms with Crippen molar-refractivity contribution in [1.29, 1.82) is 0 Å². The molecule has 0 saturated carbocycles. The van der Waals surface area contributed by atoms with Crippen molar-refractivity contribution in [3.05, 3.63) is 106 Å². The van der Waals surface area contributed by atoms with Crippen molar-refractivity contribution in [2.24, 2.45) is 0 Å². The van der Waals surface area contributed by atoms with Gasteiger partial charge in [0.05, 0.1) is 4.92 Å². The summed E-state index contributed by atoms with van der Waals surface area (Å²) in [6.07, 6.45) is 0.654. The van der Waals surface area contributed by atoms with Crippen molar-refractivity contribution >= 4 is 17.3 Å². The van der Waals surface area contributed by atoms with E-state index in [1.54, 1.807) is 24.0 Å². The normalized spacial score (nSPS) is 10.4. The van der Waals surface area contributed by atoms with Gasteiger partial charge in [0.15, 0.2) is 0 Å². The number of anilines is 1. The fraction of sp³-hybridized carbons (Fsp3) is 0.136. The highest BCUT2D eigenvalue weighted by molar-refractivity contribution is 6.09. The van der Waals surface area contributed by atoms with Crippen LogP contribution in [0.15, 0.2) is 78.9 Å². The molecule has 3 aromatic rings. The standard InChI is InChI=1S/C22H20N2O3/c1-17-9-8-14-20(21(17)24(26)27)22(25)23(19-12-6-3-7-13-19)16-15-18-10-4-2-5-11-18/h2-14H,15-16H2,1H3. The third-order valence-corrected chi connectivity index (χ3v) is 4.43. The third-order valence-electron chi connectivity index (χ3n) is 4.43. The lowest BCUT2D eigenvalue weighted by molar-refractivity contribution is -0.385. The van der Waals surface area contributed by atoms with Gasteiger partial charge in [-0.2, -0.15) is 0 Å². The first-order valence-corrected chi connectivity index (χ1v) is 8.73. The quantitative estimate of drug-likeness (QED) is 0.469. The number of nitro groups is 1. The maximum absolute atomic E-state index is 13.3. The van der Waals surface area contributed by atoms with Crippen molar-refractivity contribution in [3.8, 4) is 0 Å². The van der Waals surface area contributed by atoms with Crippen LogP contribution in [-0.2, 0) is 6.42 Å². The molecule has 0 fully saturated rings. The highest BCUT2D eigenvalue weighted by Gasteiger charge is 2.27. The molecular weight excluding hydrogens is 340 g/mol. The third kappa shape index (κ3) is 4.20. The maximum atomic E-state index is 13.3. The molecule has 0 heterocycles. The first kappa shape index (κ1) is 18.3. The number of aryl methyl sites for hydroxylation is 1. The van der Waals surface area contributed by atoms with Gasteiger partial charge in [-0.1, -0.05) is 60.7 Å². The van der Waals surface area contributed by atoms with Gasteiger partial charge in [-0.15, -0.1) is 0 Å². The first-order valence-electron chi connectivity index (χ1n) is 8.73. The van der Waals surface area contributed by atoms with E-state index in [4.69, 9.17) is 0 Å². The van der Waals surface area contributed by atoms with Crippen LogP contribution in [0.25, 0.3) is 0 Å². The molecule has 3 aromatic carbocycles. The Hall–Kier alpha value is -3.47. The number of nitro benzene ring substituents is 1. The van der Waals surface area contributed by atoms with E-state index in [0.29, 0.717) is 24.2 Å². The van der Waals surface area contributed by atoms with E-state index in [1.807, 2.05) is 60.7 Å². The predicted octanol–water partition coefficient (Wildman–Crippen LogP) is 4.79. The van der Waals surface area contributed by atoms with E-state index in [2.05, 4.69) is 0 Å². The highest BCUT2D eigenvalue weighted by atomic mass is 16.6. The lowest BCUT2D eigenvalue weighted by Crippen LogP contribution is -2.33. The smallest absolute Gasteiger partial charge is 0.285 e. The van der Waals surface area contributed by atoms with Crippen molar-refractivity contribution in [2.75, 3.05) is 11.4 Å². The molecule has 0 bridgehead atoms. The summed E-state index contributed by atoms with van der Waals surface area (Å²) in [4.78, 5) is 25.9. The van der Waals surface area contributed by atoms with Gasteiger partial charge in [-0.05, 0) is 37.1 Å². The Morgan fingerprint density at radius 3 is 2.19 bits per heavy atom. The van der Waals surface area contributed by atoms with Crippen LogP contribution >= 0.6 is 0 Å². The largest absolute Gasteiger partial charge is 0.308 e. The Morgan fingerprint density at radius 1 is 0.926 bits per heavy atom. The van der Waals surface area contributed by atoms with Crippen molar-refractivity contribution in [3.63, 3.8) is 0 Å². The molecule has 3 rings (SSSR count). The minimum Gasteiger partial charge on any atom is -0.308 e. The van der Waals surface area contributed by atoms with Crippen LogP contribution in [0.4, 0.5) is 11.4 Å². The van der Waals surface area contributed by atoms with Gasteiger partial charge in [0.25, 0.3) is 11.6 Å². The van der Waals surface area contributed by atoms with Gasteiger partial charge in [-0.25, -0.2) is 0 Å². The van der Waals surface area contributed by atoms with E-state index in [9.17, 15) is 14.9 Å². The number of hydrogen-bond donors (Lipinski definition) is 0. The fourth-order valence-corrected chi connectivity index (χ4v) is 3.06.